The van der Waals surface area contributed by atoms with E-state index in [1.165, 1.54) is 11.3 Å². The summed E-state index contributed by atoms with van der Waals surface area (Å²) in [5, 5.41) is 0. The summed E-state index contributed by atoms with van der Waals surface area (Å²) in [6, 6.07) is 0.874. The molecule has 5 heteroatoms. The molecule has 2 aliphatic rings. The van der Waals surface area contributed by atoms with Crippen molar-refractivity contribution in [3.8, 4) is 0 Å². The molecule has 2 unspecified atom stereocenters. The number of nitrogens with zero attached hydrogens (tertiary/aromatic N) is 2. The van der Waals surface area contributed by atoms with Crippen molar-refractivity contribution in [2.45, 2.75) is 49.5 Å². The number of carbonyl (C=O) groups is 1. The van der Waals surface area contributed by atoms with E-state index in [2.05, 4.69) is 25.8 Å². The van der Waals surface area contributed by atoms with E-state index in [9.17, 15) is 4.79 Å². The molecule has 2 atom stereocenters. The Balaban J connectivity index is 1.86. The largest absolute Gasteiger partial charge is 0.332 e. The molecule has 2 aliphatic heterocycles. The van der Waals surface area contributed by atoms with E-state index in [1.807, 2.05) is 6.92 Å². The second-order valence-electron chi connectivity index (χ2n) is 4.93. The van der Waals surface area contributed by atoms with Crippen LogP contribution in [0.25, 0.3) is 0 Å². The van der Waals surface area contributed by atoms with Crippen LogP contribution in [0, 0.1) is 6.92 Å². The number of hydrogen-bond donors (Lipinski definition) is 0. The lowest BCUT2D eigenvalue weighted by atomic mass is 10.0. The summed E-state index contributed by atoms with van der Waals surface area (Å²) >= 11 is 5.17. The number of alkyl halides is 1. The van der Waals surface area contributed by atoms with Crippen LogP contribution in [0.5, 0.6) is 0 Å². The topological polar surface area (TPSA) is 33.2 Å². The molecule has 3 rings (SSSR count). The molecule has 0 N–H and O–H groups in total. The van der Waals surface area contributed by atoms with E-state index in [0.29, 0.717) is 16.9 Å². The van der Waals surface area contributed by atoms with Crippen LogP contribution >= 0.6 is 27.3 Å². The molecule has 0 aliphatic carbocycles. The fourth-order valence-electron chi connectivity index (χ4n) is 3.07. The Bertz CT molecular complexity index is 433. The van der Waals surface area contributed by atoms with Crippen LogP contribution < -0.4 is 0 Å². The molecule has 1 amide bonds. The van der Waals surface area contributed by atoms with Crippen LogP contribution in [-0.2, 0) is 0 Å². The predicted molar refractivity (Wildman–Crippen MR) is 71.8 cm³/mol. The molecule has 92 valence electrons. The minimum Gasteiger partial charge on any atom is -0.332 e. The summed E-state index contributed by atoms with van der Waals surface area (Å²) in [5.41, 5.74) is 2.64. The first-order valence-corrected chi connectivity index (χ1v) is 7.83. The summed E-state index contributed by atoms with van der Waals surface area (Å²) in [5.74, 6) is 0.205. The molecule has 0 saturated carbocycles. The first-order chi connectivity index (χ1) is 8.16. The van der Waals surface area contributed by atoms with Crippen LogP contribution in [0.1, 0.15) is 41.0 Å². The average Bonchev–Trinajstić information content (AvgIpc) is 2.81. The van der Waals surface area contributed by atoms with Crippen LogP contribution in [0.3, 0.4) is 0 Å². The highest BCUT2D eigenvalue weighted by atomic mass is 79.9. The van der Waals surface area contributed by atoms with Crippen molar-refractivity contribution in [3.63, 3.8) is 0 Å². The van der Waals surface area contributed by atoms with Crippen LogP contribution in [0.2, 0.25) is 0 Å². The maximum Gasteiger partial charge on any atom is 0.266 e. The monoisotopic (exact) mass is 314 g/mol. The zero-order chi connectivity index (χ0) is 12.0. The number of carbonyl (C=O) groups excluding carboxylic acids is 1. The molecule has 0 spiro atoms. The summed E-state index contributed by atoms with van der Waals surface area (Å²) in [7, 11) is 0. The zero-order valence-electron chi connectivity index (χ0n) is 9.73. The zero-order valence-corrected chi connectivity index (χ0v) is 12.1. The van der Waals surface area contributed by atoms with Gasteiger partial charge < -0.3 is 4.90 Å². The van der Waals surface area contributed by atoms with E-state index in [0.717, 1.165) is 36.3 Å². The third-order valence-corrected chi connectivity index (χ3v) is 5.51. The van der Waals surface area contributed by atoms with Gasteiger partial charge >= 0.3 is 0 Å². The van der Waals surface area contributed by atoms with Crippen molar-refractivity contribution >= 4 is 33.2 Å². The molecular formula is C12H15BrN2OS. The molecule has 17 heavy (non-hydrogen) atoms. The lowest BCUT2D eigenvalue weighted by Gasteiger charge is -2.37. The SMILES string of the molecule is Cc1ncsc1C(=O)N1C2CCC1CC(Br)C2. The molecule has 3 heterocycles. The second kappa shape index (κ2) is 4.35. The van der Waals surface area contributed by atoms with Gasteiger partial charge in [-0.2, -0.15) is 0 Å². The molecule has 1 aromatic rings. The Labute approximate surface area is 113 Å². The van der Waals surface area contributed by atoms with Gasteiger partial charge in [-0.05, 0) is 32.6 Å². The van der Waals surface area contributed by atoms with Gasteiger partial charge in [-0.25, -0.2) is 4.98 Å². The smallest absolute Gasteiger partial charge is 0.266 e. The minimum atomic E-state index is 0.205. The number of hydrogen-bond acceptors (Lipinski definition) is 3. The lowest BCUT2D eigenvalue weighted by molar-refractivity contribution is 0.0607. The molecular weight excluding hydrogens is 300 g/mol. The van der Waals surface area contributed by atoms with Crippen LogP contribution in [-0.4, -0.2) is 32.7 Å². The van der Waals surface area contributed by atoms with Crippen molar-refractivity contribution in [2.75, 3.05) is 0 Å². The third-order valence-electron chi connectivity index (χ3n) is 3.85. The van der Waals surface area contributed by atoms with Crippen molar-refractivity contribution in [3.05, 3.63) is 16.1 Å². The molecule has 3 nitrogen and oxygen atoms in total. The first-order valence-electron chi connectivity index (χ1n) is 6.03. The van der Waals surface area contributed by atoms with Crippen molar-refractivity contribution < 1.29 is 4.79 Å². The van der Waals surface area contributed by atoms with Gasteiger partial charge in [-0.1, -0.05) is 15.9 Å². The maximum absolute atomic E-state index is 12.5. The molecule has 0 radical (unpaired) electrons. The fourth-order valence-corrected chi connectivity index (χ4v) is 4.68. The van der Waals surface area contributed by atoms with E-state index in [4.69, 9.17) is 0 Å². The molecule has 1 aromatic heterocycles. The summed E-state index contributed by atoms with van der Waals surface area (Å²) in [6.07, 6.45) is 4.52. The first kappa shape index (κ1) is 11.7. The molecule has 2 bridgehead atoms. The van der Waals surface area contributed by atoms with E-state index < -0.39 is 0 Å². The Kier molecular flexibility index (Phi) is 2.99. The van der Waals surface area contributed by atoms with Gasteiger partial charge in [-0.3, -0.25) is 4.79 Å². The highest BCUT2D eigenvalue weighted by Gasteiger charge is 2.43. The van der Waals surface area contributed by atoms with Crippen LogP contribution in [0.4, 0.5) is 0 Å². The van der Waals surface area contributed by atoms with E-state index in [-0.39, 0.29) is 5.91 Å². The highest BCUT2D eigenvalue weighted by molar-refractivity contribution is 9.09. The minimum absolute atomic E-state index is 0.205. The third kappa shape index (κ3) is 1.93. The van der Waals surface area contributed by atoms with Gasteiger partial charge in [0.15, 0.2) is 0 Å². The Hall–Kier alpha value is -0.420. The number of aryl methyl sites for hydroxylation is 1. The fraction of sp³-hybridized carbons (Fsp3) is 0.667. The number of halogens is 1. The Morgan fingerprint density at radius 2 is 2.12 bits per heavy atom. The summed E-state index contributed by atoms with van der Waals surface area (Å²) < 4.78 is 0. The Morgan fingerprint density at radius 1 is 1.47 bits per heavy atom. The number of amides is 1. The van der Waals surface area contributed by atoms with Gasteiger partial charge in [0, 0.05) is 16.9 Å². The number of aromatic nitrogens is 1. The van der Waals surface area contributed by atoms with Gasteiger partial charge in [0.05, 0.1) is 11.2 Å². The van der Waals surface area contributed by atoms with Crippen molar-refractivity contribution in [2.24, 2.45) is 0 Å². The maximum atomic E-state index is 12.5. The second-order valence-corrected chi connectivity index (χ2v) is 7.08. The number of fused-ring (bicyclic) bond motifs is 2. The lowest BCUT2D eigenvalue weighted by Crippen LogP contribution is -2.46. The molecule has 0 aromatic carbocycles. The number of rotatable bonds is 1. The summed E-state index contributed by atoms with van der Waals surface area (Å²) in [4.78, 5) is 20.3. The average molecular weight is 315 g/mol. The van der Waals surface area contributed by atoms with Gasteiger partial charge in [0.2, 0.25) is 0 Å². The number of piperidine rings is 1. The van der Waals surface area contributed by atoms with Gasteiger partial charge in [0.25, 0.3) is 5.91 Å². The molecule has 2 fully saturated rings. The van der Waals surface area contributed by atoms with Crippen molar-refractivity contribution in [1.29, 1.82) is 0 Å². The normalized spacial score (nSPS) is 31.9. The van der Waals surface area contributed by atoms with Crippen LogP contribution in [0.15, 0.2) is 5.51 Å². The van der Waals surface area contributed by atoms with E-state index >= 15 is 0 Å². The quantitative estimate of drug-likeness (QED) is 0.747. The standard InChI is InChI=1S/C12H15BrN2OS/c1-7-11(17-6-14-7)12(16)15-9-2-3-10(15)5-8(13)4-9/h6,8-10H,2-5H2,1H3. The van der Waals surface area contributed by atoms with Gasteiger partial charge in [0.1, 0.15) is 4.88 Å². The predicted octanol–water partition coefficient (Wildman–Crippen LogP) is 2.98. The molecule has 2 saturated heterocycles. The highest BCUT2D eigenvalue weighted by Crippen LogP contribution is 2.39. The summed E-state index contributed by atoms with van der Waals surface area (Å²) in [6.45, 7) is 1.92. The van der Waals surface area contributed by atoms with Crippen molar-refractivity contribution in [1.82, 2.24) is 9.88 Å². The van der Waals surface area contributed by atoms with Gasteiger partial charge in [-0.15, -0.1) is 11.3 Å². The Morgan fingerprint density at radius 3 is 2.65 bits per heavy atom. The van der Waals surface area contributed by atoms with E-state index in [1.54, 1.807) is 5.51 Å². The number of thiazole rings is 1.